The second-order valence-corrected chi connectivity index (χ2v) is 5.27. The summed E-state index contributed by atoms with van der Waals surface area (Å²) in [5, 5.41) is 13.4. The quantitative estimate of drug-likeness (QED) is 0.858. The van der Waals surface area contributed by atoms with Crippen LogP contribution in [0.3, 0.4) is 0 Å². The molecule has 0 aliphatic heterocycles. The average Bonchev–Trinajstić information content (AvgIpc) is 2.96. The van der Waals surface area contributed by atoms with Crippen LogP contribution in [0.2, 0.25) is 0 Å². The van der Waals surface area contributed by atoms with Crippen LogP contribution in [-0.4, -0.2) is 45.8 Å². The molecular formula is C13H21N3O3. The maximum absolute atomic E-state index is 12.0. The molecule has 1 N–H and O–H groups in total. The fourth-order valence-corrected chi connectivity index (χ4v) is 2.53. The third-order valence-electron chi connectivity index (χ3n) is 3.68. The molecule has 1 saturated carbocycles. The number of nitrogens with zero attached hydrogens (tertiary/aromatic N) is 3. The Kier molecular flexibility index (Phi) is 4.52. The third kappa shape index (κ3) is 3.76. The molecule has 1 fully saturated rings. The van der Waals surface area contributed by atoms with Crippen LogP contribution in [0.1, 0.15) is 37.4 Å². The highest BCUT2D eigenvalue weighted by Crippen LogP contribution is 2.26. The number of carbonyl (C=O) groups is 1. The van der Waals surface area contributed by atoms with Crippen molar-refractivity contribution in [2.24, 2.45) is 5.92 Å². The minimum atomic E-state index is -0.256. The minimum Gasteiger partial charge on any atom is -0.393 e. The van der Waals surface area contributed by atoms with E-state index in [1.165, 1.54) is 0 Å². The van der Waals surface area contributed by atoms with Crippen molar-refractivity contribution in [1.82, 2.24) is 15.0 Å². The zero-order chi connectivity index (χ0) is 13.8. The van der Waals surface area contributed by atoms with E-state index in [0.717, 1.165) is 19.3 Å². The Bertz CT molecular complexity index is 433. The molecule has 2 atom stereocenters. The third-order valence-corrected chi connectivity index (χ3v) is 3.68. The Morgan fingerprint density at radius 1 is 1.53 bits per heavy atom. The van der Waals surface area contributed by atoms with Crippen molar-refractivity contribution in [1.29, 1.82) is 0 Å². The maximum Gasteiger partial charge on any atom is 0.227 e. The highest BCUT2D eigenvalue weighted by Gasteiger charge is 2.27. The molecule has 1 aromatic heterocycles. The molecular weight excluding hydrogens is 246 g/mol. The second-order valence-electron chi connectivity index (χ2n) is 5.27. The van der Waals surface area contributed by atoms with Crippen molar-refractivity contribution < 1.29 is 14.4 Å². The van der Waals surface area contributed by atoms with Gasteiger partial charge in [0.05, 0.1) is 6.10 Å². The van der Waals surface area contributed by atoms with Gasteiger partial charge in [0.15, 0.2) is 5.82 Å². The highest BCUT2D eigenvalue weighted by molar-refractivity contribution is 5.76. The summed E-state index contributed by atoms with van der Waals surface area (Å²) in [6.07, 6.45) is 3.48. The Morgan fingerprint density at radius 2 is 2.32 bits per heavy atom. The Labute approximate surface area is 112 Å². The molecule has 19 heavy (non-hydrogen) atoms. The lowest BCUT2D eigenvalue weighted by molar-refractivity contribution is -0.130. The van der Waals surface area contributed by atoms with E-state index < -0.39 is 0 Å². The van der Waals surface area contributed by atoms with Gasteiger partial charge in [0, 0.05) is 32.4 Å². The molecule has 2 rings (SSSR count). The Balaban J connectivity index is 1.76. The molecule has 0 saturated heterocycles. The van der Waals surface area contributed by atoms with E-state index in [0.29, 0.717) is 31.1 Å². The van der Waals surface area contributed by atoms with E-state index in [-0.39, 0.29) is 17.9 Å². The molecule has 0 spiro atoms. The fourth-order valence-electron chi connectivity index (χ4n) is 2.53. The molecule has 1 heterocycles. The van der Waals surface area contributed by atoms with Crippen LogP contribution in [-0.2, 0) is 11.2 Å². The second kappa shape index (κ2) is 6.14. The van der Waals surface area contributed by atoms with E-state index >= 15 is 0 Å². The first kappa shape index (κ1) is 14.0. The summed E-state index contributed by atoms with van der Waals surface area (Å²) >= 11 is 0. The van der Waals surface area contributed by atoms with Crippen LogP contribution >= 0.6 is 0 Å². The Hall–Kier alpha value is -1.43. The van der Waals surface area contributed by atoms with Crippen molar-refractivity contribution >= 4 is 5.91 Å². The number of aryl methyl sites for hydroxylation is 2. The molecule has 2 unspecified atom stereocenters. The lowest BCUT2D eigenvalue weighted by atomic mass is 10.1. The van der Waals surface area contributed by atoms with E-state index in [1.54, 1.807) is 18.9 Å². The number of amides is 1. The smallest absolute Gasteiger partial charge is 0.227 e. The number of hydrogen-bond acceptors (Lipinski definition) is 5. The van der Waals surface area contributed by atoms with Crippen LogP contribution in [0.25, 0.3) is 0 Å². The summed E-state index contributed by atoms with van der Waals surface area (Å²) in [6, 6.07) is 0. The summed E-state index contributed by atoms with van der Waals surface area (Å²) in [7, 11) is 1.78. The lowest BCUT2D eigenvalue weighted by Crippen LogP contribution is -2.34. The predicted molar refractivity (Wildman–Crippen MR) is 68.3 cm³/mol. The normalized spacial score (nSPS) is 22.7. The predicted octanol–water partition coefficient (Wildman–Crippen LogP) is 0.930. The van der Waals surface area contributed by atoms with Crippen molar-refractivity contribution in [2.75, 3.05) is 13.6 Å². The van der Waals surface area contributed by atoms with Gasteiger partial charge in [0.2, 0.25) is 11.8 Å². The van der Waals surface area contributed by atoms with Crippen LogP contribution in [0.4, 0.5) is 0 Å². The van der Waals surface area contributed by atoms with Crippen LogP contribution < -0.4 is 0 Å². The molecule has 1 aliphatic rings. The van der Waals surface area contributed by atoms with Gasteiger partial charge < -0.3 is 14.5 Å². The summed E-state index contributed by atoms with van der Waals surface area (Å²) in [4.78, 5) is 17.7. The van der Waals surface area contributed by atoms with Gasteiger partial charge in [-0.25, -0.2) is 0 Å². The van der Waals surface area contributed by atoms with Gasteiger partial charge in [-0.1, -0.05) is 11.6 Å². The standard InChI is InChI=1S/C13H21N3O3/c1-9-14-12(19-15-9)6-7-13(18)16(2)8-10-4-3-5-11(10)17/h10-11,17H,3-8H2,1-2H3. The zero-order valence-electron chi connectivity index (χ0n) is 11.5. The summed E-state index contributed by atoms with van der Waals surface area (Å²) in [6.45, 7) is 2.38. The van der Waals surface area contributed by atoms with Crippen molar-refractivity contribution in [2.45, 2.75) is 45.1 Å². The fraction of sp³-hybridized carbons (Fsp3) is 0.769. The number of rotatable bonds is 5. The average molecular weight is 267 g/mol. The Morgan fingerprint density at radius 3 is 2.89 bits per heavy atom. The van der Waals surface area contributed by atoms with E-state index in [1.807, 2.05) is 0 Å². The van der Waals surface area contributed by atoms with E-state index in [9.17, 15) is 9.90 Å². The lowest BCUT2D eigenvalue weighted by Gasteiger charge is -2.23. The monoisotopic (exact) mass is 267 g/mol. The van der Waals surface area contributed by atoms with Crippen LogP contribution in [0.15, 0.2) is 4.52 Å². The highest BCUT2D eigenvalue weighted by atomic mass is 16.5. The first-order valence-electron chi connectivity index (χ1n) is 6.77. The molecule has 6 heteroatoms. The van der Waals surface area contributed by atoms with Gasteiger partial charge in [0.25, 0.3) is 0 Å². The first-order valence-corrected chi connectivity index (χ1v) is 6.77. The molecule has 106 valence electrons. The topological polar surface area (TPSA) is 79.5 Å². The molecule has 1 aliphatic carbocycles. The minimum absolute atomic E-state index is 0.0509. The van der Waals surface area contributed by atoms with Crippen LogP contribution in [0.5, 0.6) is 0 Å². The van der Waals surface area contributed by atoms with Gasteiger partial charge in [-0.15, -0.1) is 0 Å². The number of carbonyl (C=O) groups excluding carboxylic acids is 1. The van der Waals surface area contributed by atoms with Crippen LogP contribution in [0, 0.1) is 12.8 Å². The molecule has 1 aromatic rings. The van der Waals surface area contributed by atoms with Gasteiger partial charge in [-0.3, -0.25) is 4.79 Å². The number of aliphatic hydroxyl groups excluding tert-OH is 1. The molecule has 0 aromatic carbocycles. The summed E-state index contributed by atoms with van der Waals surface area (Å²) < 4.78 is 4.97. The molecule has 1 amide bonds. The van der Waals surface area contributed by atoms with Gasteiger partial charge in [-0.05, 0) is 19.8 Å². The van der Waals surface area contributed by atoms with Crippen molar-refractivity contribution in [3.63, 3.8) is 0 Å². The van der Waals surface area contributed by atoms with Crippen molar-refractivity contribution in [3.8, 4) is 0 Å². The molecule has 6 nitrogen and oxygen atoms in total. The maximum atomic E-state index is 12.0. The largest absolute Gasteiger partial charge is 0.393 e. The number of aliphatic hydroxyl groups is 1. The van der Waals surface area contributed by atoms with E-state index in [4.69, 9.17) is 4.52 Å². The number of hydrogen-bond donors (Lipinski definition) is 1. The number of aromatic nitrogens is 2. The summed E-state index contributed by atoms with van der Waals surface area (Å²) in [5.74, 6) is 1.36. The van der Waals surface area contributed by atoms with Crippen molar-refractivity contribution in [3.05, 3.63) is 11.7 Å². The zero-order valence-corrected chi connectivity index (χ0v) is 11.5. The van der Waals surface area contributed by atoms with Gasteiger partial charge in [0.1, 0.15) is 0 Å². The van der Waals surface area contributed by atoms with E-state index in [2.05, 4.69) is 10.1 Å². The molecule has 0 bridgehead atoms. The SMILES string of the molecule is Cc1noc(CCC(=O)N(C)CC2CCCC2O)n1. The van der Waals surface area contributed by atoms with Gasteiger partial charge in [-0.2, -0.15) is 4.98 Å². The molecule has 0 radical (unpaired) electrons. The van der Waals surface area contributed by atoms with Gasteiger partial charge >= 0.3 is 0 Å². The first-order chi connectivity index (χ1) is 9.06. The summed E-state index contributed by atoms with van der Waals surface area (Å²) in [5.41, 5.74) is 0.